The Labute approximate surface area is 182 Å². The minimum Gasteiger partial charge on any atom is -0.350 e. The van der Waals surface area contributed by atoms with E-state index in [1.165, 1.54) is 10.6 Å². The van der Waals surface area contributed by atoms with Crippen LogP contribution in [-0.2, 0) is 11.3 Å². The van der Waals surface area contributed by atoms with Crippen molar-refractivity contribution in [2.24, 2.45) is 0 Å². The Morgan fingerprint density at radius 1 is 1.16 bits per heavy atom. The number of hydrogen-bond acceptors (Lipinski definition) is 6. The molecule has 3 aromatic rings. The molecule has 11 heteroatoms. The third-order valence-electron chi connectivity index (χ3n) is 5.64. The van der Waals surface area contributed by atoms with Gasteiger partial charge in [0.25, 0.3) is 5.91 Å². The Morgan fingerprint density at radius 3 is 2.62 bits per heavy atom. The van der Waals surface area contributed by atoms with Crippen LogP contribution in [0.25, 0.3) is 5.65 Å². The van der Waals surface area contributed by atoms with Crippen molar-refractivity contribution in [3.63, 3.8) is 0 Å². The van der Waals surface area contributed by atoms with Crippen molar-refractivity contribution in [2.45, 2.75) is 38.8 Å². The summed E-state index contributed by atoms with van der Waals surface area (Å²) in [5.41, 5.74) is 0.766. The van der Waals surface area contributed by atoms with Gasteiger partial charge < -0.3 is 16.0 Å². The lowest BCUT2D eigenvalue weighted by Crippen LogP contribution is -2.63. The second-order valence-electron chi connectivity index (χ2n) is 7.89. The van der Waals surface area contributed by atoms with Crippen LogP contribution < -0.4 is 16.0 Å². The van der Waals surface area contributed by atoms with Gasteiger partial charge in [0.1, 0.15) is 17.2 Å². The topological polar surface area (TPSA) is 113 Å². The fourth-order valence-corrected chi connectivity index (χ4v) is 3.84. The molecular weight excluding hydrogens is 420 g/mol. The number of nitrogens with one attached hydrogen (secondary N) is 3. The SMILES string of the molecule is Cc1cc2nnc(C(=O)NC3(C(=O)NCc4ccc(F)cc4F)CCNCC3)c(C)n2n1. The first-order chi connectivity index (χ1) is 15.3. The summed E-state index contributed by atoms with van der Waals surface area (Å²) in [5, 5.41) is 21.1. The standard InChI is InChI=1S/C21H23F2N7O2/c1-12-9-17-27-28-18(13(2)30(17)29-12)19(31)26-21(5-7-24-8-6-21)20(32)25-11-14-3-4-15(22)10-16(14)23/h3-4,9-10,24H,5-8,11H2,1-2H3,(H,25,32)(H,26,31). The lowest BCUT2D eigenvalue weighted by atomic mass is 9.86. The summed E-state index contributed by atoms with van der Waals surface area (Å²) in [6.07, 6.45) is 0.679. The van der Waals surface area contributed by atoms with Crippen LogP contribution in [-0.4, -0.2) is 50.3 Å². The van der Waals surface area contributed by atoms with E-state index in [1.54, 1.807) is 13.0 Å². The molecule has 0 spiro atoms. The minimum absolute atomic E-state index is 0.0656. The summed E-state index contributed by atoms with van der Waals surface area (Å²) < 4.78 is 28.6. The number of halogens is 2. The molecule has 0 atom stereocenters. The second-order valence-corrected chi connectivity index (χ2v) is 7.89. The van der Waals surface area contributed by atoms with Gasteiger partial charge in [0.15, 0.2) is 11.3 Å². The molecule has 0 aliphatic carbocycles. The number of nitrogens with zero attached hydrogens (tertiary/aromatic N) is 4. The molecule has 9 nitrogen and oxygen atoms in total. The average molecular weight is 443 g/mol. The van der Waals surface area contributed by atoms with Crippen LogP contribution in [0.3, 0.4) is 0 Å². The number of rotatable bonds is 5. The predicted molar refractivity (Wildman–Crippen MR) is 111 cm³/mol. The highest BCUT2D eigenvalue weighted by molar-refractivity contribution is 5.98. The molecule has 1 aromatic carbocycles. The summed E-state index contributed by atoms with van der Waals surface area (Å²) >= 11 is 0. The summed E-state index contributed by atoms with van der Waals surface area (Å²) in [4.78, 5) is 26.2. The maximum atomic E-state index is 13.9. The van der Waals surface area contributed by atoms with Crippen LogP contribution in [0.4, 0.5) is 8.78 Å². The summed E-state index contributed by atoms with van der Waals surface area (Å²) in [7, 11) is 0. The first kappa shape index (κ1) is 21.8. The fourth-order valence-electron chi connectivity index (χ4n) is 3.84. The minimum atomic E-state index is -1.21. The molecule has 32 heavy (non-hydrogen) atoms. The number of aromatic nitrogens is 4. The number of benzene rings is 1. The van der Waals surface area contributed by atoms with Crippen molar-refractivity contribution in [3.8, 4) is 0 Å². The van der Waals surface area contributed by atoms with Crippen LogP contribution in [0.2, 0.25) is 0 Å². The third kappa shape index (κ3) is 4.15. The quantitative estimate of drug-likeness (QED) is 0.546. The van der Waals surface area contributed by atoms with Gasteiger partial charge in [-0.2, -0.15) is 5.10 Å². The summed E-state index contributed by atoms with van der Waals surface area (Å²) in [5.74, 6) is -2.43. The van der Waals surface area contributed by atoms with Crippen molar-refractivity contribution < 1.29 is 18.4 Å². The average Bonchev–Trinajstić information content (AvgIpc) is 3.15. The molecule has 0 saturated carbocycles. The highest BCUT2D eigenvalue weighted by Crippen LogP contribution is 2.21. The van der Waals surface area contributed by atoms with Gasteiger partial charge in [-0.05, 0) is 45.8 Å². The van der Waals surface area contributed by atoms with Crippen LogP contribution in [0.1, 0.15) is 40.3 Å². The van der Waals surface area contributed by atoms with Gasteiger partial charge in [-0.25, -0.2) is 13.3 Å². The fraction of sp³-hybridized carbons (Fsp3) is 0.381. The van der Waals surface area contributed by atoms with Crippen molar-refractivity contribution in [1.29, 1.82) is 0 Å². The molecule has 0 bridgehead atoms. The molecule has 2 aromatic heterocycles. The van der Waals surface area contributed by atoms with Crippen LogP contribution in [0, 0.1) is 25.5 Å². The highest BCUT2D eigenvalue weighted by Gasteiger charge is 2.41. The number of aryl methyl sites for hydroxylation is 2. The highest BCUT2D eigenvalue weighted by atomic mass is 19.1. The van der Waals surface area contributed by atoms with E-state index in [9.17, 15) is 18.4 Å². The molecule has 168 valence electrons. The number of amides is 2. The van der Waals surface area contributed by atoms with E-state index in [0.717, 1.165) is 17.8 Å². The zero-order valence-corrected chi connectivity index (χ0v) is 17.7. The van der Waals surface area contributed by atoms with E-state index in [4.69, 9.17) is 0 Å². The predicted octanol–water partition coefficient (Wildman–Crippen LogP) is 1.19. The van der Waals surface area contributed by atoms with Gasteiger partial charge in [0.05, 0.1) is 11.4 Å². The van der Waals surface area contributed by atoms with E-state index < -0.39 is 29.0 Å². The van der Waals surface area contributed by atoms with Crippen molar-refractivity contribution in [1.82, 2.24) is 35.8 Å². The first-order valence-corrected chi connectivity index (χ1v) is 10.2. The number of carbonyl (C=O) groups is 2. The largest absolute Gasteiger partial charge is 0.350 e. The summed E-state index contributed by atoms with van der Waals surface area (Å²) in [6, 6.07) is 4.91. The van der Waals surface area contributed by atoms with Crippen molar-refractivity contribution in [2.75, 3.05) is 13.1 Å². The van der Waals surface area contributed by atoms with Gasteiger partial charge in [0, 0.05) is 24.2 Å². The molecule has 2 amide bonds. The van der Waals surface area contributed by atoms with E-state index in [-0.39, 0.29) is 17.8 Å². The lowest BCUT2D eigenvalue weighted by Gasteiger charge is -2.37. The molecule has 0 unspecified atom stereocenters. The molecule has 1 aliphatic rings. The monoisotopic (exact) mass is 443 g/mol. The first-order valence-electron chi connectivity index (χ1n) is 10.2. The Morgan fingerprint density at radius 2 is 1.91 bits per heavy atom. The van der Waals surface area contributed by atoms with Gasteiger partial charge >= 0.3 is 0 Å². The van der Waals surface area contributed by atoms with Gasteiger partial charge in [-0.1, -0.05) is 6.07 Å². The van der Waals surface area contributed by atoms with E-state index >= 15 is 0 Å². The van der Waals surface area contributed by atoms with Gasteiger partial charge in [-0.3, -0.25) is 9.59 Å². The molecule has 1 fully saturated rings. The maximum Gasteiger partial charge on any atom is 0.274 e. The Kier molecular flexibility index (Phi) is 5.83. The molecule has 1 aliphatic heterocycles. The normalized spacial score (nSPS) is 15.5. The van der Waals surface area contributed by atoms with Crippen molar-refractivity contribution in [3.05, 3.63) is 58.5 Å². The van der Waals surface area contributed by atoms with Crippen LogP contribution >= 0.6 is 0 Å². The van der Waals surface area contributed by atoms with E-state index in [2.05, 4.69) is 31.2 Å². The second kappa shape index (κ2) is 8.58. The molecular formula is C21H23F2N7O2. The summed E-state index contributed by atoms with van der Waals surface area (Å²) in [6.45, 7) is 4.41. The lowest BCUT2D eigenvalue weighted by molar-refractivity contribution is -0.128. The molecule has 4 rings (SSSR count). The molecule has 3 N–H and O–H groups in total. The van der Waals surface area contributed by atoms with Gasteiger partial charge in [-0.15, -0.1) is 10.2 Å². The van der Waals surface area contributed by atoms with E-state index in [1.807, 2.05) is 6.92 Å². The molecule has 0 radical (unpaired) electrons. The smallest absolute Gasteiger partial charge is 0.274 e. The van der Waals surface area contributed by atoms with Crippen LogP contribution in [0.5, 0.6) is 0 Å². The molecule has 3 heterocycles. The van der Waals surface area contributed by atoms with Crippen LogP contribution in [0.15, 0.2) is 24.3 Å². The number of carbonyl (C=O) groups excluding carboxylic acids is 2. The Bertz CT molecular complexity index is 1190. The van der Waals surface area contributed by atoms with Crippen molar-refractivity contribution >= 4 is 17.5 Å². The Balaban J connectivity index is 1.55. The zero-order chi connectivity index (χ0) is 22.9. The maximum absolute atomic E-state index is 13.9. The number of fused-ring (bicyclic) bond motifs is 1. The number of hydrogen-bond donors (Lipinski definition) is 3. The number of piperidine rings is 1. The van der Waals surface area contributed by atoms with Gasteiger partial charge in [0.2, 0.25) is 5.91 Å². The third-order valence-corrected chi connectivity index (χ3v) is 5.64. The Hall–Kier alpha value is -3.47. The van der Waals surface area contributed by atoms with E-state index in [0.29, 0.717) is 37.3 Å². The zero-order valence-electron chi connectivity index (χ0n) is 17.7. The molecule has 1 saturated heterocycles.